The third-order valence-electron chi connectivity index (χ3n) is 8.86. The molecule has 1 aliphatic heterocycles. The first kappa shape index (κ1) is 27.9. The number of hydrogen-bond acceptors (Lipinski definition) is 3. The number of amides is 1. The van der Waals surface area contributed by atoms with E-state index in [2.05, 4.69) is 15.2 Å². The minimum Gasteiger partial charge on any atom is -0.489 e. The lowest BCUT2D eigenvalue weighted by atomic mass is 9.87. The van der Waals surface area contributed by atoms with Gasteiger partial charge in [0.05, 0.1) is 0 Å². The Bertz CT molecular complexity index is 1300. The van der Waals surface area contributed by atoms with Gasteiger partial charge in [0.2, 0.25) is 0 Å². The van der Waals surface area contributed by atoms with E-state index in [9.17, 15) is 13.6 Å². The largest absolute Gasteiger partial charge is 0.489 e. The number of benzene rings is 2. The van der Waals surface area contributed by atoms with Gasteiger partial charge in [0.15, 0.2) is 11.6 Å². The first-order valence-electron chi connectivity index (χ1n) is 14.3. The molecule has 1 amide bonds. The highest BCUT2D eigenvalue weighted by molar-refractivity contribution is 5.96. The fourth-order valence-corrected chi connectivity index (χ4v) is 6.56. The van der Waals surface area contributed by atoms with E-state index in [1.165, 1.54) is 25.0 Å². The summed E-state index contributed by atoms with van der Waals surface area (Å²) >= 11 is 0. The van der Waals surface area contributed by atoms with E-state index in [1.807, 2.05) is 6.20 Å². The van der Waals surface area contributed by atoms with Crippen LogP contribution in [0, 0.1) is 11.6 Å². The van der Waals surface area contributed by atoms with Crippen LogP contribution in [0.2, 0.25) is 0 Å². The molecule has 2 fully saturated rings. The number of hydrogen-bond donors (Lipinski definition) is 2. The number of H-pyrrole nitrogens is 1. The van der Waals surface area contributed by atoms with Gasteiger partial charge in [-0.3, -0.25) is 9.69 Å². The van der Waals surface area contributed by atoms with Crippen molar-refractivity contribution in [3.8, 4) is 5.75 Å². The van der Waals surface area contributed by atoms with Crippen molar-refractivity contribution < 1.29 is 18.3 Å². The molecule has 0 radical (unpaired) electrons. The number of carbonyl (C=O) groups is 1. The van der Waals surface area contributed by atoms with Crippen molar-refractivity contribution >= 4 is 29.2 Å². The minimum atomic E-state index is -0.394. The van der Waals surface area contributed by atoms with Gasteiger partial charge < -0.3 is 15.0 Å². The lowest BCUT2D eigenvalue weighted by Gasteiger charge is -2.44. The summed E-state index contributed by atoms with van der Waals surface area (Å²) in [7, 11) is 0. The van der Waals surface area contributed by atoms with Crippen LogP contribution >= 0.6 is 12.4 Å². The molecule has 6 rings (SSSR count). The third-order valence-corrected chi connectivity index (χ3v) is 8.86. The Morgan fingerprint density at radius 1 is 1.03 bits per heavy atom. The molecule has 2 N–H and O–H groups in total. The summed E-state index contributed by atoms with van der Waals surface area (Å²) in [5, 5.41) is 4.15. The summed E-state index contributed by atoms with van der Waals surface area (Å²) in [6.07, 6.45) is 13.4. The lowest BCUT2D eigenvalue weighted by molar-refractivity contribution is 0.0421. The van der Waals surface area contributed by atoms with Crippen molar-refractivity contribution in [2.75, 3.05) is 13.2 Å². The topological polar surface area (TPSA) is 57.4 Å². The Morgan fingerprint density at radius 3 is 2.62 bits per heavy atom. The summed E-state index contributed by atoms with van der Waals surface area (Å²) in [4.78, 5) is 19.0. The van der Waals surface area contributed by atoms with E-state index in [4.69, 9.17) is 4.74 Å². The quantitative estimate of drug-likeness (QED) is 0.323. The Kier molecular flexibility index (Phi) is 8.77. The van der Waals surface area contributed by atoms with Crippen LogP contribution in [0.3, 0.4) is 0 Å². The average molecular weight is 558 g/mol. The van der Waals surface area contributed by atoms with Crippen LogP contribution in [0.15, 0.2) is 36.5 Å². The van der Waals surface area contributed by atoms with Crippen LogP contribution in [0.1, 0.15) is 79.3 Å². The van der Waals surface area contributed by atoms with Crippen molar-refractivity contribution in [1.29, 1.82) is 0 Å². The molecule has 1 unspecified atom stereocenters. The standard InChI is InChI=1S/C31H37F2N3O2.ClH/c32-21-11-14-29-26(16-21)20(18-34-29)6-5-15-36(23-9-4-10-23)24-17-27-25(12-13-28(33)30(27)38-19-24)31(37)35-22-7-2-1-3-8-22;/h11-14,16,18,22-24,34H,1-10,15,17,19H2,(H,35,37);1H. The number of nitrogens with zero attached hydrogens (tertiary/aromatic N) is 1. The average Bonchev–Trinajstić information content (AvgIpc) is 3.29. The van der Waals surface area contributed by atoms with Gasteiger partial charge in [-0.25, -0.2) is 8.78 Å². The number of aromatic nitrogens is 1. The van der Waals surface area contributed by atoms with Crippen LogP contribution in [-0.4, -0.2) is 47.1 Å². The second-order valence-corrected chi connectivity index (χ2v) is 11.3. The smallest absolute Gasteiger partial charge is 0.251 e. The minimum absolute atomic E-state index is 0. The van der Waals surface area contributed by atoms with E-state index in [-0.39, 0.29) is 42.0 Å². The number of rotatable bonds is 8. The molecule has 2 aromatic carbocycles. The maximum Gasteiger partial charge on any atom is 0.251 e. The predicted molar refractivity (Wildman–Crippen MR) is 152 cm³/mol. The maximum absolute atomic E-state index is 14.8. The van der Waals surface area contributed by atoms with Gasteiger partial charge in [-0.05, 0) is 87.4 Å². The molecular weight excluding hydrogens is 520 g/mol. The maximum atomic E-state index is 14.8. The zero-order valence-corrected chi connectivity index (χ0v) is 23.1. The molecule has 0 bridgehead atoms. The number of carbonyl (C=O) groups excluding carboxylic acids is 1. The molecule has 8 heteroatoms. The first-order chi connectivity index (χ1) is 18.6. The van der Waals surface area contributed by atoms with Crippen LogP contribution < -0.4 is 10.1 Å². The van der Waals surface area contributed by atoms with Crippen LogP contribution in [-0.2, 0) is 12.8 Å². The van der Waals surface area contributed by atoms with Crippen LogP contribution in [0.25, 0.3) is 10.9 Å². The van der Waals surface area contributed by atoms with Gasteiger partial charge in [-0.15, -0.1) is 12.4 Å². The molecule has 3 aliphatic rings. The first-order valence-corrected chi connectivity index (χ1v) is 14.3. The molecule has 2 aliphatic carbocycles. The van der Waals surface area contributed by atoms with Gasteiger partial charge in [0, 0.05) is 46.4 Å². The van der Waals surface area contributed by atoms with E-state index >= 15 is 0 Å². The number of ether oxygens (including phenoxy) is 1. The number of aromatic amines is 1. The number of aryl methyl sites for hydroxylation is 1. The highest BCUT2D eigenvalue weighted by Gasteiger charge is 2.35. The Labute approximate surface area is 235 Å². The fraction of sp³-hybridized carbons (Fsp3) is 0.516. The molecule has 1 atom stereocenters. The molecule has 2 saturated carbocycles. The summed E-state index contributed by atoms with van der Waals surface area (Å²) in [6.45, 7) is 1.31. The number of fused-ring (bicyclic) bond motifs is 2. The summed E-state index contributed by atoms with van der Waals surface area (Å²) in [5.41, 5.74) is 3.33. The fourth-order valence-electron chi connectivity index (χ4n) is 6.56. The Morgan fingerprint density at radius 2 is 1.85 bits per heavy atom. The summed E-state index contributed by atoms with van der Waals surface area (Å²) in [5.74, 6) is -0.483. The van der Waals surface area contributed by atoms with E-state index in [1.54, 1.807) is 18.2 Å². The van der Waals surface area contributed by atoms with Crippen molar-refractivity contribution in [2.24, 2.45) is 0 Å². The molecular formula is C31H38ClF2N3O2. The normalized spacial score (nSPS) is 19.7. The number of halogens is 3. The molecule has 0 saturated heterocycles. The monoisotopic (exact) mass is 557 g/mol. The second kappa shape index (κ2) is 12.3. The second-order valence-electron chi connectivity index (χ2n) is 11.3. The van der Waals surface area contributed by atoms with Crippen molar-refractivity contribution in [1.82, 2.24) is 15.2 Å². The highest BCUT2D eigenvalue weighted by atomic mass is 35.5. The van der Waals surface area contributed by atoms with Crippen molar-refractivity contribution in [3.63, 3.8) is 0 Å². The SMILES string of the molecule is Cl.O=C(NC1CCCCC1)c1ccc(F)c2c1CC(N(CCCc1c[nH]c3ccc(F)cc13)C1CCC1)CO2. The molecule has 0 spiro atoms. The molecule has 39 heavy (non-hydrogen) atoms. The van der Waals surface area contributed by atoms with Crippen LogP contribution in [0.5, 0.6) is 5.75 Å². The molecule has 210 valence electrons. The van der Waals surface area contributed by atoms with Gasteiger partial charge in [-0.2, -0.15) is 0 Å². The number of nitrogens with one attached hydrogen (secondary N) is 2. The van der Waals surface area contributed by atoms with E-state index in [0.717, 1.165) is 74.4 Å². The highest BCUT2D eigenvalue weighted by Crippen LogP contribution is 2.36. The molecule has 2 heterocycles. The predicted octanol–water partition coefficient (Wildman–Crippen LogP) is 6.72. The Hall–Kier alpha value is -2.64. The van der Waals surface area contributed by atoms with Gasteiger partial charge in [0.1, 0.15) is 12.4 Å². The Balaban J connectivity index is 0.00000308. The molecule has 1 aromatic heterocycles. The van der Waals surface area contributed by atoms with E-state index in [0.29, 0.717) is 30.2 Å². The summed E-state index contributed by atoms with van der Waals surface area (Å²) < 4.78 is 34.6. The van der Waals surface area contributed by atoms with Gasteiger partial charge in [-0.1, -0.05) is 25.7 Å². The third kappa shape index (κ3) is 5.94. The summed E-state index contributed by atoms with van der Waals surface area (Å²) in [6, 6.07) is 8.63. The van der Waals surface area contributed by atoms with Crippen molar-refractivity contribution in [3.05, 3.63) is 64.9 Å². The zero-order valence-electron chi connectivity index (χ0n) is 22.3. The van der Waals surface area contributed by atoms with Gasteiger partial charge >= 0.3 is 0 Å². The molecule has 5 nitrogen and oxygen atoms in total. The van der Waals surface area contributed by atoms with Crippen LogP contribution in [0.4, 0.5) is 8.78 Å². The lowest BCUT2D eigenvalue weighted by Crippen LogP contribution is -2.52. The molecule has 3 aromatic rings. The van der Waals surface area contributed by atoms with Crippen molar-refractivity contribution in [2.45, 2.75) is 88.8 Å². The van der Waals surface area contributed by atoms with Gasteiger partial charge in [0.25, 0.3) is 5.91 Å². The van der Waals surface area contributed by atoms with E-state index < -0.39 is 5.82 Å². The zero-order chi connectivity index (χ0) is 26.1.